The van der Waals surface area contributed by atoms with E-state index in [0.29, 0.717) is 24.7 Å². The number of carbonyl (C=O) groups is 1. The van der Waals surface area contributed by atoms with E-state index in [1.54, 1.807) is 12.1 Å². The highest BCUT2D eigenvalue weighted by Gasteiger charge is 2.30. The normalized spacial score (nSPS) is 15.1. The molecule has 2 heterocycles. The molecule has 0 spiro atoms. The number of carbonyl (C=O) groups excluding carboxylic acids is 1. The van der Waals surface area contributed by atoms with Crippen molar-refractivity contribution in [2.75, 3.05) is 13.1 Å². The fraction of sp³-hybridized carbons (Fsp3) is 0.273. The predicted molar refractivity (Wildman–Crippen MR) is 110 cm³/mol. The molecule has 0 radical (unpaired) electrons. The number of oxazole rings is 1. The zero-order valence-electron chi connectivity index (χ0n) is 16.4. The number of hydrogen-bond donors (Lipinski definition) is 0. The molecule has 0 bridgehead atoms. The van der Waals surface area contributed by atoms with Gasteiger partial charge in [-0.2, -0.15) is 4.31 Å². The molecule has 7 nitrogen and oxygen atoms in total. The van der Waals surface area contributed by atoms with E-state index in [-0.39, 0.29) is 17.1 Å². The van der Waals surface area contributed by atoms with Crippen molar-refractivity contribution in [2.24, 2.45) is 0 Å². The van der Waals surface area contributed by atoms with Crippen molar-refractivity contribution in [1.82, 2.24) is 9.29 Å². The highest BCUT2D eigenvalue weighted by atomic mass is 32.2. The molecule has 3 aromatic rings. The largest absolute Gasteiger partial charge is 0.455 e. The third-order valence-corrected chi connectivity index (χ3v) is 6.92. The molecule has 1 saturated heterocycles. The Morgan fingerprint density at radius 1 is 1.00 bits per heavy atom. The monoisotopic (exact) mass is 426 g/mol. The van der Waals surface area contributed by atoms with E-state index in [1.165, 1.54) is 22.7 Å². The maximum Gasteiger partial charge on any atom is 0.339 e. The van der Waals surface area contributed by atoms with Gasteiger partial charge in [-0.1, -0.05) is 36.8 Å². The van der Waals surface area contributed by atoms with Gasteiger partial charge >= 0.3 is 5.97 Å². The number of piperidine rings is 1. The molecule has 8 heteroatoms. The van der Waals surface area contributed by atoms with Crippen LogP contribution in [0.1, 0.15) is 35.3 Å². The summed E-state index contributed by atoms with van der Waals surface area (Å²) in [5.74, 6) is -0.287. The number of hydrogen-bond acceptors (Lipinski definition) is 6. The van der Waals surface area contributed by atoms with E-state index in [2.05, 4.69) is 4.98 Å². The van der Waals surface area contributed by atoms with E-state index in [9.17, 15) is 13.2 Å². The van der Waals surface area contributed by atoms with Gasteiger partial charge in [0, 0.05) is 18.7 Å². The van der Waals surface area contributed by atoms with Crippen LogP contribution in [0.3, 0.4) is 0 Å². The molecule has 156 valence electrons. The molecule has 30 heavy (non-hydrogen) atoms. The number of aromatic nitrogens is 1. The Kier molecular flexibility index (Phi) is 5.96. The van der Waals surface area contributed by atoms with E-state index in [0.717, 1.165) is 24.8 Å². The molecular weight excluding hydrogens is 404 g/mol. The van der Waals surface area contributed by atoms with Crippen LogP contribution in [-0.4, -0.2) is 36.8 Å². The van der Waals surface area contributed by atoms with Gasteiger partial charge in [0.25, 0.3) is 0 Å². The number of esters is 1. The van der Waals surface area contributed by atoms with Gasteiger partial charge in [-0.25, -0.2) is 18.2 Å². The van der Waals surface area contributed by atoms with Crippen molar-refractivity contribution >= 4 is 16.0 Å². The van der Waals surface area contributed by atoms with E-state index in [4.69, 9.17) is 9.15 Å². The van der Waals surface area contributed by atoms with Crippen LogP contribution in [0, 0.1) is 0 Å². The quantitative estimate of drug-likeness (QED) is 0.556. The minimum Gasteiger partial charge on any atom is -0.455 e. The second kappa shape index (κ2) is 8.81. The number of benzene rings is 2. The molecule has 0 amide bonds. The lowest BCUT2D eigenvalue weighted by Crippen LogP contribution is -2.36. The lowest BCUT2D eigenvalue weighted by molar-refractivity contribution is 0.0463. The predicted octanol–water partition coefficient (Wildman–Crippen LogP) is 3.87. The average molecular weight is 426 g/mol. The van der Waals surface area contributed by atoms with Crippen LogP contribution < -0.4 is 0 Å². The summed E-state index contributed by atoms with van der Waals surface area (Å²) in [5, 5.41) is 0. The fourth-order valence-electron chi connectivity index (χ4n) is 3.41. The molecule has 1 aromatic heterocycles. The summed E-state index contributed by atoms with van der Waals surface area (Å²) in [5.41, 5.74) is 1.28. The molecule has 0 atom stereocenters. The second-order valence-electron chi connectivity index (χ2n) is 7.05. The summed E-state index contributed by atoms with van der Waals surface area (Å²) in [4.78, 5) is 17.0. The third kappa shape index (κ3) is 4.29. The molecule has 1 aliphatic heterocycles. The smallest absolute Gasteiger partial charge is 0.339 e. The van der Waals surface area contributed by atoms with Gasteiger partial charge in [0.1, 0.15) is 18.6 Å². The summed E-state index contributed by atoms with van der Waals surface area (Å²) in [7, 11) is -3.75. The van der Waals surface area contributed by atoms with Crippen LogP contribution in [0.2, 0.25) is 0 Å². The average Bonchev–Trinajstić information content (AvgIpc) is 3.28. The van der Waals surface area contributed by atoms with Crippen LogP contribution in [0.15, 0.2) is 70.2 Å². The van der Waals surface area contributed by atoms with E-state index >= 15 is 0 Å². The molecule has 0 saturated carbocycles. The standard InChI is InChI=1S/C22H22N2O5S/c25-22(29-16-18-15-28-21(23-18)17-9-3-1-4-10-17)19-11-5-6-12-20(19)30(26,27)24-13-7-2-8-14-24/h1,3-6,9-12,15H,2,7-8,13-14,16H2. The summed E-state index contributed by atoms with van der Waals surface area (Å²) in [6.07, 6.45) is 4.08. The Bertz CT molecular complexity index is 1120. The van der Waals surface area contributed by atoms with E-state index in [1.807, 2.05) is 30.3 Å². The third-order valence-electron chi connectivity index (χ3n) is 4.96. The Labute approximate surface area is 175 Å². The van der Waals surface area contributed by atoms with Gasteiger partial charge in [-0.3, -0.25) is 0 Å². The summed E-state index contributed by atoms with van der Waals surface area (Å²) in [6.45, 7) is 0.813. The molecule has 2 aromatic carbocycles. The lowest BCUT2D eigenvalue weighted by Gasteiger charge is -2.26. The summed E-state index contributed by atoms with van der Waals surface area (Å²) >= 11 is 0. The van der Waals surface area contributed by atoms with Gasteiger partial charge in [0.05, 0.1) is 10.5 Å². The minimum atomic E-state index is -3.75. The Hall–Kier alpha value is -2.97. The highest BCUT2D eigenvalue weighted by Crippen LogP contribution is 2.24. The SMILES string of the molecule is O=C(OCc1coc(-c2ccccc2)n1)c1ccccc1S(=O)(=O)N1CCCCC1. The van der Waals surface area contributed by atoms with Gasteiger partial charge in [0.2, 0.25) is 15.9 Å². The van der Waals surface area contributed by atoms with Crippen molar-refractivity contribution in [3.63, 3.8) is 0 Å². The molecular formula is C22H22N2O5S. The van der Waals surface area contributed by atoms with E-state index < -0.39 is 16.0 Å². The topological polar surface area (TPSA) is 89.7 Å². The first-order valence-electron chi connectivity index (χ1n) is 9.82. The first kappa shape index (κ1) is 20.3. The molecule has 0 aliphatic carbocycles. The maximum atomic E-state index is 13.0. The molecule has 0 N–H and O–H groups in total. The second-order valence-corrected chi connectivity index (χ2v) is 8.95. The van der Waals surface area contributed by atoms with Gasteiger partial charge < -0.3 is 9.15 Å². The van der Waals surface area contributed by atoms with Gasteiger partial charge in [-0.15, -0.1) is 0 Å². The Morgan fingerprint density at radius 3 is 2.47 bits per heavy atom. The summed E-state index contributed by atoms with van der Waals surface area (Å²) < 4.78 is 38.3. The highest BCUT2D eigenvalue weighted by molar-refractivity contribution is 7.89. The molecule has 0 unspecified atom stereocenters. The van der Waals surface area contributed by atoms with Crippen LogP contribution in [-0.2, 0) is 21.4 Å². The molecule has 1 aliphatic rings. The van der Waals surface area contributed by atoms with Crippen molar-refractivity contribution in [3.8, 4) is 11.5 Å². The number of ether oxygens (including phenoxy) is 1. The van der Waals surface area contributed by atoms with Crippen molar-refractivity contribution in [1.29, 1.82) is 0 Å². The first-order chi connectivity index (χ1) is 14.6. The van der Waals surface area contributed by atoms with Crippen molar-refractivity contribution in [3.05, 3.63) is 72.1 Å². The van der Waals surface area contributed by atoms with Crippen LogP contribution in [0.4, 0.5) is 0 Å². The molecule has 4 rings (SSSR count). The number of nitrogens with zero attached hydrogens (tertiary/aromatic N) is 2. The van der Waals surface area contributed by atoms with Crippen molar-refractivity contribution < 1.29 is 22.4 Å². The first-order valence-corrected chi connectivity index (χ1v) is 11.3. The maximum absolute atomic E-state index is 13.0. The van der Waals surface area contributed by atoms with Gasteiger partial charge in [0.15, 0.2) is 0 Å². The molecule has 1 fully saturated rings. The Balaban J connectivity index is 1.49. The van der Waals surface area contributed by atoms with Crippen LogP contribution in [0.25, 0.3) is 11.5 Å². The number of sulfonamides is 1. The minimum absolute atomic E-state index is 0.0230. The zero-order chi connectivity index (χ0) is 21.0. The van der Waals surface area contributed by atoms with Crippen molar-refractivity contribution in [2.45, 2.75) is 30.8 Å². The lowest BCUT2D eigenvalue weighted by atomic mass is 10.2. The zero-order valence-corrected chi connectivity index (χ0v) is 17.2. The van der Waals surface area contributed by atoms with Crippen LogP contribution in [0.5, 0.6) is 0 Å². The summed E-state index contributed by atoms with van der Waals surface area (Å²) in [6, 6.07) is 15.5. The van der Waals surface area contributed by atoms with Crippen LogP contribution >= 0.6 is 0 Å². The fourth-order valence-corrected chi connectivity index (χ4v) is 5.11. The Morgan fingerprint density at radius 2 is 1.70 bits per heavy atom. The number of rotatable bonds is 6. The van der Waals surface area contributed by atoms with Gasteiger partial charge in [-0.05, 0) is 37.1 Å².